The Hall–Kier alpha value is -4.05. The fourth-order valence-electron chi connectivity index (χ4n) is 3.37. The van der Waals surface area contributed by atoms with Crippen molar-refractivity contribution in [2.24, 2.45) is 0 Å². The van der Waals surface area contributed by atoms with Crippen molar-refractivity contribution in [1.29, 1.82) is 5.26 Å². The van der Waals surface area contributed by atoms with E-state index in [1.54, 1.807) is 39.5 Å². The van der Waals surface area contributed by atoms with E-state index in [1.165, 1.54) is 4.40 Å². The second-order valence-corrected chi connectivity index (χ2v) is 6.45. The number of rotatable bonds is 4. The van der Waals surface area contributed by atoms with E-state index in [4.69, 9.17) is 9.47 Å². The number of benzene rings is 2. The van der Waals surface area contributed by atoms with E-state index in [9.17, 15) is 10.1 Å². The summed E-state index contributed by atoms with van der Waals surface area (Å²) >= 11 is 0. The Balaban J connectivity index is 1.93. The topological polar surface area (TPSA) is 88.6 Å². The van der Waals surface area contributed by atoms with Gasteiger partial charge in [-0.25, -0.2) is 4.98 Å². The summed E-state index contributed by atoms with van der Waals surface area (Å²) in [5.74, 6) is 1.18. The SMILES string of the molecule is COc1ccc(N/C=c2\c(C)c(C#N)c3nc4ccccc4n3c2=O)cc1OC. The summed E-state index contributed by atoms with van der Waals surface area (Å²) in [6, 6.07) is 14.9. The molecule has 29 heavy (non-hydrogen) atoms. The Kier molecular flexibility index (Phi) is 4.53. The smallest absolute Gasteiger partial charge is 0.265 e. The number of anilines is 1. The number of pyridine rings is 1. The minimum absolute atomic E-state index is 0.238. The predicted octanol–water partition coefficient (Wildman–Crippen LogP) is 2.61. The number of hydrogen-bond acceptors (Lipinski definition) is 6. The lowest BCUT2D eigenvalue weighted by molar-refractivity contribution is 0.355. The van der Waals surface area contributed by atoms with Crippen molar-refractivity contribution in [3.05, 3.63) is 69.2 Å². The van der Waals surface area contributed by atoms with Gasteiger partial charge >= 0.3 is 0 Å². The molecule has 144 valence electrons. The molecule has 0 atom stereocenters. The quantitative estimate of drug-likeness (QED) is 0.580. The number of nitriles is 1. The van der Waals surface area contributed by atoms with Gasteiger partial charge in [0.1, 0.15) is 6.07 Å². The molecule has 2 aromatic heterocycles. The summed E-state index contributed by atoms with van der Waals surface area (Å²) in [4.78, 5) is 17.7. The van der Waals surface area contributed by atoms with Crippen molar-refractivity contribution in [2.45, 2.75) is 6.92 Å². The van der Waals surface area contributed by atoms with E-state index < -0.39 is 0 Å². The van der Waals surface area contributed by atoms with Gasteiger partial charge in [-0.3, -0.25) is 9.20 Å². The number of ether oxygens (including phenoxy) is 2. The number of nitrogens with zero attached hydrogens (tertiary/aromatic N) is 3. The number of imidazole rings is 1. The summed E-state index contributed by atoms with van der Waals surface area (Å²) in [5.41, 5.74) is 3.15. The Morgan fingerprint density at radius 2 is 1.90 bits per heavy atom. The molecule has 0 aliphatic carbocycles. The Labute approximate surface area is 166 Å². The fourth-order valence-corrected chi connectivity index (χ4v) is 3.37. The predicted molar refractivity (Wildman–Crippen MR) is 111 cm³/mol. The third kappa shape index (κ3) is 2.91. The molecule has 0 aliphatic heterocycles. The molecule has 0 unspecified atom stereocenters. The monoisotopic (exact) mass is 386 g/mol. The molecule has 7 heteroatoms. The molecule has 0 saturated carbocycles. The van der Waals surface area contributed by atoms with Gasteiger partial charge in [0.25, 0.3) is 5.56 Å². The van der Waals surface area contributed by atoms with E-state index in [-0.39, 0.29) is 5.56 Å². The third-order valence-corrected chi connectivity index (χ3v) is 4.88. The molecule has 4 aromatic rings. The van der Waals surface area contributed by atoms with Crippen molar-refractivity contribution in [1.82, 2.24) is 9.38 Å². The van der Waals surface area contributed by atoms with Crippen molar-refractivity contribution < 1.29 is 9.47 Å². The highest BCUT2D eigenvalue weighted by Gasteiger charge is 2.16. The largest absolute Gasteiger partial charge is 0.493 e. The lowest BCUT2D eigenvalue weighted by Gasteiger charge is -2.09. The number of methoxy groups -OCH3 is 2. The minimum atomic E-state index is -0.238. The van der Waals surface area contributed by atoms with Crippen molar-refractivity contribution >= 4 is 28.6 Å². The van der Waals surface area contributed by atoms with Crippen LogP contribution in [-0.2, 0) is 0 Å². The number of hydrogen-bond donors (Lipinski definition) is 1. The summed E-state index contributed by atoms with van der Waals surface area (Å²) in [6.45, 7) is 1.75. The number of aromatic nitrogens is 2. The summed E-state index contributed by atoms with van der Waals surface area (Å²) < 4.78 is 12.0. The maximum absolute atomic E-state index is 13.2. The molecular formula is C22H18N4O3. The molecule has 0 radical (unpaired) electrons. The zero-order valence-corrected chi connectivity index (χ0v) is 16.2. The van der Waals surface area contributed by atoms with Gasteiger partial charge in [-0.15, -0.1) is 0 Å². The van der Waals surface area contributed by atoms with Crippen molar-refractivity contribution in [3.63, 3.8) is 0 Å². The average Bonchev–Trinajstić information content (AvgIpc) is 3.13. The molecule has 7 nitrogen and oxygen atoms in total. The number of para-hydroxylation sites is 2. The molecular weight excluding hydrogens is 368 g/mol. The Morgan fingerprint density at radius 1 is 1.14 bits per heavy atom. The van der Waals surface area contributed by atoms with Crippen LogP contribution < -0.4 is 25.6 Å². The van der Waals surface area contributed by atoms with Crippen LogP contribution in [0.2, 0.25) is 0 Å². The van der Waals surface area contributed by atoms with E-state index in [2.05, 4.69) is 16.4 Å². The van der Waals surface area contributed by atoms with Crippen LogP contribution in [0, 0.1) is 18.3 Å². The number of fused-ring (bicyclic) bond motifs is 3. The van der Waals surface area contributed by atoms with Gasteiger partial charge in [-0.05, 0) is 36.8 Å². The molecule has 0 bridgehead atoms. The minimum Gasteiger partial charge on any atom is -0.493 e. The van der Waals surface area contributed by atoms with E-state index >= 15 is 0 Å². The van der Waals surface area contributed by atoms with Gasteiger partial charge in [-0.2, -0.15) is 5.26 Å². The van der Waals surface area contributed by atoms with Gasteiger partial charge in [0.2, 0.25) is 0 Å². The summed E-state index contributed by atoms with van der Waals surface area (Å²) in [5, 5.41) is 13.2. The second kappa shape index (κ2) is 7.17. The van der Waals surface area contributed by atoms with E-state index in [1.807, 2.05) is 30.3 Å². The zero-order chi connectivity index (χ0) is 20.5. The van der Waals surface area contributed by atoms with Gasteiger partial charge in [0.05, 0.1) is 36.0 Å². The van der Waals surface area contributed by atoms with Crippen LogP contribution in [0.1, 0.15) is 11.1 Å². The molecule has 0 fully saturated rings. The van der Waals surface area contributed by atoms with Gasteiger partial charge < -0.3 is 14.8 Å². The van der Waals surface area contributed by atoms with E-state index in [0.717, 1.165) is 5.69 Å². The van der Waals surface area contributed by atoms with Crippen molar-refractivity contribution in [3.8, 4) is 17.6 Å². The fraction of sp³-hybridized carbons (Fsp3) is 0.136. The maximum Gasteiger partial charge on any atom is 0.265 e. The summed E-state index contributed by atoms with van der Waals surface area (Å²) in [7, 11) is 3.13. The molecule has 0 spiro atoms. The first kappa shape index (κ1) is 18.3. The Morgan fingerprint density at radius 3 is 2.62 bits per heavy atom. The van der Waals surface area contributed by atoms with Crippen LogP contribution in [0.15, 0.2) is 47.3 Å². The van der Waals surface area contributed by atoms with Gasteiger partial charge in [0.15, 0.2) is 17.1 Å². The van der Waals surface area contributed by atoms with Crippen LogP contribution in [-0.4, -0.2) is 23.6 Å². The molecule has 1 N–H and O–H groups in total. The molecule has 0 aliphatic rings. The average molecular weight is 386 g/mol. The van der Waals surface area contributed by atoms with Crippen LogP contribution in [0.5, 0.6) is 11.5 Å². The van der Waals surface area contributed by atoms with Crippen LogP contribution in [0.25, 0.3) is 22.9 Å². The maximum atomic E-state index is 13.2. The highest BCUT2D eigenvalue weighted by atomic mass is 16.5. The lowest BCUT2D eigenvalue weighted by Crippen LogP contribution is -2.34. The summed E-state index contributed by atoms with van der Waals surface area (Å²) in [6.07, 6.45) is 1.61. The molecule has 0 saturated heterocycles. The highest BCUT2D eigenvalue weighted by molar-refractivity contribution is 5.82. The molecule has 2 heterocycles. The normalized spacial score (nSPS) is 11.6. The van der Waals surface area contributed by atoms with Crippen molar-refractivity contribution in [2.75, 3.05) is 19.5 Å². The lowest BCUT2D eigenvalue weighted by atomic mass is 10.1. The Bertz CT molecular complexity index is 1400. The first-order valence-electron chi connectivity index (χ1n) is 8.91. The molecule has 2 aromatic carbocycles. The second-order valence-electron chi connectivity index (χ2n) is 6.45. The third-order valence-electron chi connectivity index (χ3n) is 4.88. The molecule has 4 rings (SSSR count). The number of nitrogens with one attached hydrogen (secondary N) is 1. The van der Waals surface area contributed by atoms with E-state index in [0.29, 0.717) is 44.5 Å². The van der Waals surface area contributed by atoms with Crippen LogP contribution >= 0.6 is 0 Å². The van der Waals surface area contributed by atoms with Gasteiger partial charge in [0, 0.05) is 18.0 Å². The first-order valence-corrected chi connectivity index (χ1v) is 8.91. The highest BCUT2D eigenvalue weighted by Crippen LogP contribution is 2.29. The first-order chi connectivity index (χ1) is 14.1. The molecule has 0 amide bonds. The van der Waals surface area contributed by atoms with Gasteiger partial charge in [-0.1, -0.05) is 12.1 Å². The van der Waals surface area contributed by atoms with Crippen LogP contribution in [0.3, 0.4) is 0 Å². The zero-order valence-electron chi connectivity index (χ0n) is 16.2. The standard InChI is InChI=1S/C22H18N4O3/c1-13-15(11-23)21-25-17-6-4-5-7-18(17)26(21)22(27)16(13)12-24-14-8-9-19(28-2)20(10-14)29-3/h4-10,12,24H,1-3H3/b16-12+. The van der Waals surface area contributed by atoms with Crippen LogP contribution in [0.4, 0.5) is 5.69 Å².